The van der Waals surface area contributed by atoms with Crippen LogP contribution in [0.2, 0.25) is 0 Å². The van der Waals surface area contributed by atoms with Crippen LogP contribution in [0.3, 0.4) is 0 Å². The third-order valence-corrected chi connectivity index (χ3v) is 5.93. The Hall–Kier alpha value is -2.25. The van der Waals surface area contributed by atoms with Gasteiger partial charge in [-0.05, 0) is 37.8 Å². The molecule has 1 amide bonds. The molecule has 1 aromatic heterocycles. The largest absolute Gasteiger partial charge is 0.381 e. The van der Waals surface area contributed by atoms with Crippen molar-refractivity contribution in [2.75, 3.05) is 20.8 Å². The fourth-order valence-electron chi connectivity index (χ4n) is 4.43. The molecule has 1 aromatic carbocycles. The van der Waals surface area contributed by atoms with Gasteiger partial charge in [0, 0.05) is 31.9 Å². The van der Waals surface area contributed by atoms with Crippen molar-refractivity contribution in [2.24, 2.45) is 0 Å². The number of benzene rings is 1. The standard InChI is InChI=1S/C19H24N4O3/c1-25-15-6-7-19(26-2)8-9-23(16(19)11-15)18(24)14-5-3-4-13(10-14)17-20-12-21-22-17/h3-5,10,12,15-16H,6-9,11H2,1-2H3,(H,20,21,22)/t15-,16+,19-/m1/s1. The highest BCUT2D eigenvalue weighted by Crippen LogP contribution is 2.43. The lowest BCUT2D eigenvalue weighted by molar-refractivity contribution is -0.0893. The third-order valence-electron chi connectivity index (χ3n) is 5.93. The van der Waals surface area contributed by atoms with E-state index in [9.17, 15) is 4.79 Å². The molecule has 1 aliphatic heterocycles. The highest BCUT2D eigenvalue weighted by Gasteiger charge is 2.52. The number of carbonyl (C=O) groups is 1. The van der Waals surface area contributed by atoms with E-state index in [1.165, 1.54) is 6.33 Å². The van der Waals surface area contributed by atoms with Crippen molar-refractivity contribution in [3.63, 3.8) is 0 Å². The second-order valence-corrected chi connectivity index (χ2v) is 7.08. The van der Waals surface area contributed by atoms with E-state index in [-0.39, 0.29) is 23.7 Å². The van der Waals surface area contributed by atoms with Crippen LogP contribution in [-0.4, -0.2) is 64.5 Å². The first-order valence-corrected chi connectivity index (χ1v) is 9.01. The van der Waals surface area contributed by atoms with Gasteiger partial charge in [0.1, 0.15) is 6.33 Å². The van der Waals surface area contributed by atoms with Crippen molar-refractivity contribution in [1.29, 1.82) is 0 Å². The van der Waals surface area contributed by atoms with Crippen LogP contribution in [0.4, 0.5) is 0 Å². The summed E-state index contributed by atoms with van der Waals surface area (Å²) in [6, 6.07) is 7.57. The Kier molecular flexibility index (Phi) is 4.50. The molecular weight excluding hydrogens is 332 g/mol. The van der Waals surface area contributed by atoms with Gasteiger partial charge in [-0.3, -0.25) is 9.89 Å². The molecule has 138 valence electrons. The molecule has 4 rings (SSSR count). The fraction of sp³-hybridized carbons (Fsp3) is 0.526. The fourth-order valence-corrected chi connectivity index (χ4v) is 4.43. The van der Waals surface area contributed by atoms with Gasteiger partial charge < -0.3 is 14.4 Å². The predicted molar refractivity (Wildman–Crippen MR) is 95.6 cm³/mol. The van der Waals surface area contributed by atoms with Crippen molar-refractivity contribution < 1.29 is 14.3 Å². The van der Waals surface area contributed by atoms with Crippen LogP contribution in [0.25, 0.3) is 11.4 Å². The predicted octanol–water partition coefficient (Wildman–Crippen LogP) is 2.27. The second-order valence-electron chi connectivity index (χ2n) is 7.08. The average molecular weight is 356 g/mol. The molecule has 1 aliphatic carbocycles. The monoisotopic (exact) mass is 356 g/mol. The Morgan fingerprint density at radius 3 is 2.96 bits per heavy atom. The number of H-pyrrole nitrogens is 1. The minimum atomic E-state index is -0.243. The van der Waals surface area contributed by atoms with E-state index < -0.39 is 0 Å². The van der Waals surface area contributed by atoms with E-state index in [0.29, 0.717) is 17.9 Å². The summed E-state index contributed by atoms with van der Waals surface area (Å²) in [6.07, 6.45) is 5.23. The van der Waals surface area contributed by atoms with Gasteiger partial charge in [0.05, 0.1) is 17.7 Å². The zero-order valence-electron chi connectivity index (χ0n) is 15.1. The molecule has 2 aliphatic rings. The minimum absolute atomic E-state index is 0.0343. The highest BCUT2D eigenvalue weighted by atomic mass is 16.5. The first kappa shape index (κ1) is 17.2. The Morgan fingerprint density at radius 1 is 1.35 bits per heavy atom. The lowest BCUT2D eigenvalue weighted by atomic mass is 9.79. The van der Waals surface area contributed by atoms with Crippen LogP contribution in [0, 0.1) is 0 Å². The number of likely N-dealkylation sites (tertiary alicyclic amines) is 1. The molecule has 2 heterocycles. The molecule has 0 unspecified atom stereocenters. The summed E-state index contributed by atoms with van der Waals surface area (Å²) in [5.74, 6) is 0.691. The number of aromatic amines is 1. The lowest BCUT2D eigenvalue weighted by Gasteiger charge is -2.43. The number of amides is 1. The molecule has 1 saturated carbocycles. The van der Waals surface area contributed by atoms with Crippen molar-refractivity contribution in [3.8, 4) is 11.4 Å². The van der Waals surface area contributed by atoms with Crippen molar-refractivity contribution in [2.45, 2.75) is 43.4 Å². The van der Waals surface area contributed by atoms with Crippen LogP contribution in [-0.2, 0) is 9.47 Å². The Labute approximate surface area is 152 Å². The molecule has 26 heavy (non-hydrogen) atoms. The number of aromatic nitrogens is 3. The summed E-state index contributed by atoms with van der Waals surface area (Å²) in [5.41, 5.74) is 1.27. The zero-order chi connectivity index (χ0) is 18.1. The Morgan fingerprint density at radius 2 is 2.23 bits per heavy atom. The molecular formula is C19H24N4O3. The molecule has 7 nitrogen and oxygen atoms in total. The van der Waals surface area contributed by atoms with E-state index in [4.69, 9.17) is 9.47 Å². The summed E-state index contributed by atoms with van der Waals surface area (Å²) >= 11 is 0. The number of fused-ring (bicyclic) bond motifs is 1. The normalized spacial score (nSPS) is 28.2. The lowest BCUT2D eigenvalue weighted by Crippen LogP contribution is -2.53. The van der Waals surface area contributed by atoms with Gasteiger partial charge in [-0.1, -0.05) is 12.1 Å². The molecule has 1 N–H and O–H groups in total. The van der Waals surface area contributed by atoms with E-state index >= 15 is 0 Å². The smallest absolute Gasteiger partial charge is 0.254 e. The maximum atomic E-state index is 13.3. The van der Waals surface area contributed by atoms with Gasteiger partial charge in [-0.25, -0.2) is 4.98 Å². The van der Waals surface area contributed by atoms with E-state index in [2.05, 4.69) is 15.2 Å². The van der Waals surface area contributed by atoms with Gasteiger partial charge in [-0.2, -0.15) is 5.10 Å². The number of ether oxygens (including phenoxy) is 2. The van der Waals surface area contributed by atoms with Crippen LogP contribution in [0.5, 0.6) is 0 Å². The molecule has 1 saturated heterocycles. The van der Waals surface area contributed by atoms with Crippen LogP contribution >= 0.6 is 0 Å². The maximum absolute atomic E-state index is 13.3. The van der Waals surface area contributed by atoms with Gasteiger partial charge in [0.2, 0.25) is 0 Å². The van der Waals surface area contributed by atoms with Crippen LogP contribution < -0.4 is 0 Å². The molecule has 2 fully saturated rings. The Bertz CT molecular complexity index is 779. The van der Waals surface area contributed by atoms with Crippen LogP contribution in [0.15, 0.2) is 30.6 Å². The van der Waals surface area contributed by atoms with Gasteiger partial charge >= 0.3 is 0 Å². The van der Waals surface area contributed by atoms with Gasteiger partial charge in [0.25, 0.3) is 5.91 Å². The summed E-state index contributed by atoms with van der Waals surface area (Å²) in [7, 11) is 3.51. The molecule has 0 radical (unpaired) electrons. The van der Waals surface area contributed by atoms with Crippen LogP contribution in [0.1, 0.15) is 36.0 Å². The minimum Gasteiger partial charge on any atom is -0.381 e. The number of hydrogen-bond acceptors (Lipinski definition) is 5. The van der Waals surface area contributed by atoms with E-state index in [0.717, 1.165) is 31.2 Å². The number of hydrogen-bond donors (Lipinski definition) is 1. The highest BCUT2D eigenvalue weighted by molar-refractivity contribution is 5.95. The maximum Gasteiger partial charge on any atom is 0.254 e. The van der Waals surface area contributed by atoms with Gasteiger partial charge in [0.15, 0.2) is 5.82 Å². The summed E-state index contributed by atoms with van der Waals surface area (Å²) in [5, 5.41) is 6.72. The molecule has 0 bridgehead atoms. The van der Waals surface area contributed by atoms with Crippen molar-refractivity contribution in [1.82, 2.24) is 20.1 Å². The summed E-state index contributed by atoms with van der Waals surface area (Å²) in [4.78, 5) is 19.4. The number of nitrogens with zero attached hydrogens (tertiary/aromatic N) is 3. The number of nitrogens with one attached hydrogen (secondary N) is 1. The third kappa shape index (κ3) is 2.81. The molecule has 3 atom stereocenters. The number of rotatable bonds is 4. The van der Waals surface area contributed by atoms with E-state index in [1.54, 1.807) is 14.2 Å². The molecule has 0 spiro atoms. The SMILES string of the molecule is CO[C@@H]1CC[C@@]2(OC)CCN(C(=O)c3cccc(-c4ncn[nH]4)c3)[C@H]2C1. The zero-order valence-corrected chi connectivity index (χ0v) is 15.1. The van der Waals surface area contributed by atoms with Gasteiger partial charge in [-0.15, -0.1) is 0 Å². The van der Waals surface area contributed by atoms with Crippen molar-refractivity contribution in [3.05, 3.63) is 36.2 Å². The topological polar surface area (TPSA) is 80.3 Å². The number of methoxy groups -OCH3 is 2. The molecule has 7 heteroatoms. The number of carbonyl (C=O) groups excluding carboxylic acids is 1. The summed E-state index contributed by atoms with van der Waals surface area (Å²) in [6.45, 7) is 0.709. The summed E-state index contributed by atoms with van der Waals surface area (Å²) < 4.78 is 11.5. The Balaban J connectivity index is 1.61. The molecule has 2 aromatic rings. The van der Waals surface area contributed by atoms with E-state index in [1.807, 2.05) is 29.2 Å². The van der Waals surface area contributed by atoms with Crippen molar-refractivity contribution >= 4 is 5.91 Å². The first-order valence-electron chi connectivity index (χ1n) is 9.01. The first-order chi connectivity index (χ1) is 12.7. The second kappa shape index (κ2) is 6.81. The quantitative estimate of drug-likeness (QED) is 0.909. The average Bonchev–Trinajstić information content (AvgIpc) is 3.35.